The second-order valence-corrected chi connectivity index (χ2v) is 21.3. The molecule has 17 heteroatoms. The molecule has 0 spiro atoms. The normalized spacial score (nSPS) is 18.1. The van der Waals surface area contributed by atoms with E-state index >= 15 is 0 Å². The second kappa shape index (κ2) is 23.2. The summed E-state index contributed by atoms with van der Waals surface area (Å²) in [5.41, 5.74) is 13.8. The number of nitrogens with one attached hydrogen (secondary N) is 2. The van der Waals surface area contributed by atoms with Gasteiger partial charge in [-0.3, -0.25) is 19.2 Å². The van der Waals surface area contributed by atoms with Gasteiger partial charge in [0.1, 0.15) is 29.6 Å². The Bertz CT molecular complexity index is 2660. The SMILES string of the molecule is Cc1ncsc1-c1ccc([C@H](C)NC(=O)[C@@H]2CCCN2C(=O)[C@@H](NC(=O)CCCCCC(=O)N2CCN(c3ccc(N4CCCC(Oc5cc(-c6ccccc6O)nnc5N)C4)cc3)CC2)C(C)(C)C)cc1. The van der Waals surface area contributed by atoms with Crippen LogP contribution in [0.1, 0.15) is 103 Å². The number of nitrogen functional groups attached to an aromatic ring is 1. The van der Waals surface area contributed by atoms with E-state index in [1.54, 1.807) is 40.5 Å². The molecule has 3 aliphatic heterocycles. The number of amides is 4. The predicted molar refractivity (Wildman–Crippen MR) is 283 cm³/mol. The zero-order valence-electron chi connectivity index (χ0n) is 42.3. The number of anilines is 3. The quantitative estimate of drug-likeness (QED) is 0.0658. The number of hydrogen-bond acceptors (Lipinski definition) is 13. The van der Waals surface area contributed by atoms with Crippen LogP contribution in [-0.4, -0.2) is 118 Å². The monoisotopic (exact) mass is 999 g/mol. The van der Waals surface area contributed by atoms with E-state index in [9.17, 15) is 24.3 Å². The van der Waals surface area contributed by atoms with Crippen molar-refractivity contribution in [2.24, 2.45) is 5.41 Å². The van der Waals surface area contributed by atoms with E-state index in [2.05, 4.69) is 59.9 Å². The first-order valence-electron chi connectivity index (χ1n) is 25.5. The van der Waals surface area contributed by atoms with Gasteiger partial charge in [0.25, 0.3) is 0 Å². The number of ether oxygens (including phenoxy) is 1. The molecule has 2 aromatic heterocycles. The predicted octanol–water partition coefficient (Wildman–Crippen LogP) is 7.91. The molecule has 5 N–H and O–H groups in total. The highest BCUT2D eigenvalue weighted by molar-refractivity contribution is 7.13. The molecule has 3 aromatic carbocycles. The van der Waals surface area contributed by atoms with E-state index in [1.165, 1.54) is 0 Å². The van der Waals surface area contributed by atoms with Crippen molar-refractivity contribution in [1.29, 1.82) is 0 Å². The Kier molecular flexibility index (Phi) is 16.6. The molecule has 382 valence electrons. The van der Waals surface area contributed by atoms with Gasteiger partial charge in [-0.1, -0.05) is 63.6 Å². The zero-order valence-corrected chi connectivity index (χ0v) is 43.1. The number of piperazine rings is 1. The Labute approximate surface area is 427 Å². The van der Waals surface area contributed by atoms with Crippen LogP contribution < -0.4 is 30.9 Å². The first-order chi connectivity index (χ1) is 34.6. The number of aromatic nitrogens is 3. The summed E-state index contributed by atoms with van der Waals surface area (Å²) in [6.45, 7) is 14.6. The third-order valence-electron chi connectivity index (χ3n) is 14.2. The summed E-state index contributed by atoms with van der Waals surface area (Å²) in [5.74, 6) is 0.271. The van der Waals surface area contributed by atoms with Gasteiger partial charge < -0.3 is 45.8 Å². The average Bonchev–Trinajstić information content (AvgIpc) is 4.06. The number of aromatic hydroxyl groups is 1. The lowest BCUT2D eigenvalue weighted by Crippen LogP contribution is -2.57. The molecular formula is C55H70N10O6S. The molecule has 4 atom stereocenters. The van der Waals surface area contributed by atoms with Crippen LogP contribution >= 0.6 is 11.3 Å². The lowest BCUT2D eigenvalue weighted by Gasteiger charge is -2.37. The zero-order chi connectivity index (χ0) is 50.9. The maximum atomic E-state index is 14.1. The molecule has 5 aromatic rings. The third kappa shape index (κ3) is 12.6. The Morgan fingerprint density at radius 2 is 1.53 bits per heavy atom. The Hall–Kier alpha value is -6.75. The molecule has 3 fully saturated rings. The summed E-state index contributed by atoms with van der Waals surface area (Å²) in [6, 6.07) is 23.8. The van der Waals surface area contributed by atoms with Gasteiger partial charge >= 0.3 is 0 Å². The molecule has 0 saturated carbocycles. The number of carbonyl (C=O) groups is 4. The number of unbranched alkanes of at least 4 members (excludes halogenated alkanes) is 2. The Morgan fingerprint density at radius 3 is 2.22 bits per heavy atom. The fourth-order valence-corrected chi connectivity index (χ4v) is 10.8. The molecule has 3 aliphatic rings. The highest BCUT2D eigenvalue weighted by Gasteiger charge is 2.42. The van der Waals surface area contributed by atoms with Crippen molar-refractivity contribution < 1.29 is 29.0 Å². The van der Waals surface area contributed by atoms with Gasteiger partial charge in [0, 0.05) is 75.1 Å². The van der Waals surface area contributed by atoms with Crippen molar-refractivity contribution in [3.05, 3.63) is 95.6 Å². The molecule has 0 aliphatic carbocycles. The lowest BCUT2D eigenvalue weighted by atomic mass is 9.85. The minimum absolute atomic E-state index is 0.0989. The van der Waals surface area contributed by atoms with Gasteiger partial charge in [0.15, 0.2) is 11.6 Å². The summed E-state index contributed by atoms with van der Waals surface area (Å²) in [7, 11) is 0. The molecule has 5 heterocycles. The van der Waals surface area contributed by atoms with E-state index in [4.69, 9.17) is 10.5 Å². The molecule has 0 radical (unpaired) electrons. The minimum atomic E-state index is -0.787. The number of thiazole rings is 1. The van der Waals surface area contributed by atoms with Gasteiger partial charge in [-0.2, -0.15) is 0 Å². The number of nitrogens with two attached hydrogens (primary N) is 1. The number of carbonyl (C=O) groups excluding carboxylic acids is 4. The van der Waals surface area contributed by atoms with Crippen LogP contribution in [0.3, 0.4) is 0 Å². The van der Waals surface area contributed by atoms with E-state index in [0.29, 0.717) is 75.3 Å². The van der Waals surface area contributed by atoms with E-state index in [1.807, 2.05) is 75.4 Å². The number of aryl methyl sites for hydroxylation is 1. The minimum Gasteiger partial charge on any atom is -0.507 e. The van der Waals surface area contributed by atoms with E-state index in [-0.39, 0.29) is 53.8 Å². The number of rotatable bonds is 17. The summed E-state index contributed by atoms with van der Waals surface area (Å²) in [4.78, 5) is 68.1. The maximum Gasteiger partial charge on any atom is 0.246 e. The number of para-hydroxylation sites is 1. The molecule has 0 bridgehead atoms. The summed E-state index contributed by atoms with van der Waals surface area (Å²) in [5, 5.41) is 24.8. The van der Waals surface area contributed by atoms with Crippen molar-refractivity contribution in [2.45, 2.75) is 117 Å². The Balaban J connectivity index is 0.735. The molecule has 72 heavy (non-hydrogen) atoms. The number of nitrogens with zero attached hydrogens (tertiary/aromatic N) is 7. The van der Waals surface area contributed by atoms with Crippen molar-refractivity contribution >= 4 is 52.2 Å². The van der Waals surface area contributed by atoms with Gasteiger partial charge in [-0.05, 0) is 105 Å². The largest absolute Gasteiger partial charge is 0.507 e. The van der Waals surface area contributed by atoms with Crippen LogP contribution in [0.2, 0.25) is 0 Å². The van der Waals surface area contributed by atoms with Crippen molar-refractivity contribution in [3.63, 3.8) is 0 Å². The van der Waals surface area contributed by atoms with Gasteiger partial charge in [-0.25, -0.2) is 4.98 Å². The van der Waals surface area contributed by atoms with Crippen LogP contribution in [0, 0.1) is 12.3 Å². The molecule has 8 rings (SSSR count). The van der Waals surface area contributed by atoms with Gasteiger partial charge in [-0.15, -0.1) is 21.5 Å². The number of phenolic OH excluding ortho intramolecular Hbond substituents is 1. The molecule has 4 amide bonds. The third-order valence-corrected chi connectivity index (χ3v) is 15.2. The highest BCUT2D eigenvalue weighted by Crippen LogP contribution is 2.34. The van der Waals surface area contributed by atoms with Gasteiger partial charge in [0.2, 0.25) is 23.6 Å². The first-order valence-corrected chi connectivity index (χ1v) is 26.4. The lowest BCUT2D eigenvalue weighted by molar-refractivity contribution is -0.144. The van der Waals surface area contributed by atoms with Crippen molar-refractivity contribution in [1.82, 2.24) is 35.6 Å². The van der Waals surface area contributed by atoms with Gasteiger partial charge in [0.05, 0.1) is 28.7 Å². The molecule has 1 unspecified atom stereocenters. The summed E-state index contributed by atoms with van der Waals surface area (Å²) >= 11 is 1.60. The second-order valence-electron chi connectivity index (χ2n) is 20.4. The van der Waals surface area contributed by atoms with Crippen LogP contribution in [0.15, 0.2) is 84.4 Å². The van der Waals surface area contributed by atoms with Crippen molar-refractivity contribution in [2.75, 3.05) is 61.3 Å². The topological polar surface area (TPSA) is 199 Å². The smallest absolute Gasteiger partial charge is 0.246 e. The number of benzene rings is 3. The average molecular weight is 999 g/mol. The molecule has 16 nitrogen and oxygen atoms in total. The molecular weight excluding hydrogens is 929 g/mol. The fourth-order valence-electron chi connectivity index (χ4n) is 9.98. The first kappa shape index (κ1) is 51.6. The summed E-state index contributed by atoms with van der Waals surface area (Å²) in [6.07, 6.45) is 5.70. The van der Waals surface area contributed by atoms with Crippen LogP contribution in [0.5, 0.6) is 11.5 Å². The number of hydrogen-bond donors (Lipinski definition) is 4. The van der Waals surface area contributed by atoms with Crippen LogP contribution in [-0.2, 0) is 19.2 Å². The summed E-state index contributed by atoms with van der Waals surface area (Å²) < 4.78 is 6.38. The number of likely N-dealkylation sites (tertiary alicyclic amines) is 1. The fraction of sp³-hybridized carbons (Fsp3) is 0.473. The standard InChI is InChI=1S/C55H70N10O6S/c1-36(38-19-21-39(22-20-38)50-37(2)57-35-72-50)58-53(69)45-15-12-28-65(45)54(70)51(55(3,4)5)59-48(67)17-7-6-8-18-49(68)63-31-29-62(30-32-63)40-23-25-41(26-24-40)64-27-11-13-42(34-64)71-47-33-44(60-61-52(47)56)43-14-9-10-16-46(43)66/h9-10,14,16,19-26,33,35-36,42,45,51,66H,6-8,11-13,15,17-18,27-32,34H2,1-5H3,(H2,56,61)(H,58,69)(H,59,67)/t36-,42?,45-,51+/m0/s1. The molecule has 3 saturated heterocycles. The van der Waals surface area contributed by atoms with E-state index < -0.39 is 17.5 Å². The maximum absolute atomic E-state index is 14.1. The van der Waals surface area contributed by atoms with Crippen molar-refractivity contribution in [3.8, 4) is 33.2 Å². The number of piperidine rings is 1. The van der Waals surface area contributed by atoms with Crippen LogP contribution in [0.25, 0.3) is 21.7 Å². The van der Waals surface area contributed by atoms with Crippen LogP contribution in [0.4, 0.5) is 17.2 Å². The Morgan fingerprint density at radius 1 is 0.833 bits per heavy atom. The number of phenols is 1. The van der Waals surface area contributed by atoms with E-state index in [0.717, 1.165) is 72.0 Å². The highest BCUT2D eigenvalue weighted by atomic mass is 32.1.